The van der Waals surface area contributed by atoms with Crippen molar-refractivity contribution in [2.75, 3.05) is 0 Å². The number of amides is 1. The summed E-state index contributed by atoms with van der Waals surface area (Å²) in [4.78, 5) is 25.8. The van der Waals surface area contributed by atoms with Crippen LogP contribution >= 0.6 is 11.3 Å². The molecule has 1 aliphatic carbocycles. The molecule has 6 heteroatoms. The molecule has 1 N–H and O–H groups in total. The van der Waals surface area contributed by atoms with Crippen LogP contribution in [0.3, 0.4) is 0 Å². The minimum Gasteiger partial charge on any atom is -0.443 e. The average molecular weight is 383 g/mol. The highest BCUT2D eigenvalue weighted by molar-refractivity contribution is 7.21. The molecule has 0 saturated heterocycles. The Hall–Kier alpha value is -2.73. The van der Waals surface area contributed by atoms with Crippen molar-refractivity contribution in [3.63, 3.8) is 0 Å². The van der Waals surface area contributed by atoms with Gasteiger partial charge in [0, 0.05) is 21.7 Å². The number of ether oxygens (including phenoxy) is 1. The third-order valence-electron chi connectivity index (χ3n) is 4.58. The SMILES string of the molecule is Cc1c(C(=O)OC(C(=O)NC2CC2)c2ccccc2)sc2cccc(F)c12. The Bertz CT molecular complexity index is 1010. The molecular weight excluding hydrogens is 365 g/mol. The van der Waals surface area contributed by atoms with Crippen LogP contribution in [0.5, 0.6) is 0 Å². The van der Waals surface area contributed by atoms with Crippen molar-refractivity contribution >= 4 is 33.3 Å². The molecule has 0 bridgehead atoms. The van der Waals surface area contributed by atoms with Gasteiger partial charge in [0.15, 0.2) is 0 Å². The zero-order valence-electron chi connectivity index (χ0n) is 14.7. The number of carbonyl (C=O) groups is 2. The lowest BCUT2D eigenvalue weighted by Gasteiger charge is -2.17. The molecule has 1 unspecified atom stereocenters. The summed E-state index contributed by atoms with van der Waals surface area (Å²) < 4.78 is 20.4. The molecule has 4 rings (SSSR count). The molecule has 1 fully saturated rings. The van der Waals surface area contributed by atoms with Crippen LogP contribution in [0.4, 0.5) is 4.39 Å². The highest BCUT2D eigenvalue weighted by Crippen LogP contribution is 2.34. The topological polar surface area (TPSA) is 55.4 Å². The van der Waals surface area contributed by atoms with Gasteiger partial charge in [-0.05, 0) is 37.5 Å². The summed E-state index contributed by atoms with van der Waals surface area (Å²) in [5.74, 6) is -1.32. The molecule has 1 amide bonds. The van der Waals surface area contributed by atoms with E-state index in [0.717, 1.165) is 12.8 Å². The summed E-state index contributed by atoms with van der Waals surface area (Å²) in [6, 6.07) is 13.8. The molecule has 0 radical (unpaired) electrons. The summed E-state index contributed by atoms with van der Waals surface area (Å²) in [6.07, 6.45) is 0.847. The fourth-order valence-corrected chi connectivity index (χ4v) is 4.12. The number of hydrogen-bond acceptors (Lipinski definition) is 4. The van der Waals surface area contributed by atoms with Crippen molar-refractivity contribution in [1.82, 2.24) is 5.32 Å². The lowest BCUT2D eigenvalue weighted by atomic mass is 10.1. The van der Waals surface area contributed by atoms with E-state index in [1.165, 1.54) is 17.4 Å². The highest BCUT2D eigenvalue weighted by atomic mass is 32.1. The standard InChI is InChI=1S/C21H18FNO3S/c1-12-17-15(22)8-5-9-16(17)27-19(12)21(25)26-18(13-6-3-2-4-7-13)20(24)23-14-10-11-14/h2-9,14,18H,10-11H2,1H3,(H,23,24). The minimum atomic E-state index is -1.03. The number of fused-ring (bicyclic) bond motifs is 1. The first kappa shape index (κ1) is 17.7. The third kappa shape index (κ3) is 3.57. The molecule has 1 aliphatic rings. The van der Waals surface area contributed by atoms with E-state index < -0.39 is 12.1 Å². The van der Waals surface area contributed by atoms with Crippen LogP contribution in [0, 0.1) is 12.7 Å². The number of thiophene rings is 1. The molecule has 1 saturated carbocycles. The van der Waals surface area contributed by atoms with Gasteiger partial charge in [-0.3, -0.25) is 4.79 Å². The Morgan fingerprint density at radius 3 is 2.56 bits per heavy atom. The molecule has 1 heterocycles. The first-order chi connectivity index (χ1) is 13.0. The first-order valence-electron chi connectivity index (χ1n) is 8.78. The second-order valence-electron chi connectivity index (χ2n) is 6.65. The van der Waals surface area contributed by atoms with Crippen LogP contribution in [0.1, 0.15) is 39.7 Å². The predicted octanol–water partition coefficient (Wildman–Crippen LogP) is 4.53. The van der Waals surface area contributed by atoms with Gasteiger partial charge in [-0.2, -0.15) is 0 Å². The van der Waals surface area contributed by atoms with Crippen LogP contribution in [0.2, 0.25) is 0 Å². The second-order valence-corrected chi connectivity index (χ2v) is 7.70. The van der Waals surface area contributed by atoms with Crippen LogP contribution in [-0.4, -0.2) is 17.9 Å². The summed E-state index contributed by atoms with van der Waals surface area (Å²) in [5.41, 5.74) is 1.14. The zero-order valence-corrected chi connectivity index (χ0v) is 15.5. The van der Waals surface area contributed by atoms with Gasteiger partial charge in [0.05, 0.1) is 0 Å². The van der Waals surface area contributed by atoms with Gasteiger partial charge in [0.2, 0.25) is 6.10 Å². The maximum atomic E-state index is 14.1. The summed E-state index contributed by atoms with van der Waals surface area (Å²) in [6.45, 7) is 1.69. The molecule has 1 aromatic heterocycles. The maximum absolute atomic E-state index is 14.1. The Balaban J connectivity index is 1.64. The number of carbonyl (C=O) groups excluding carboxylic acids is 2. The fourth-order valence-electron chi connectivity index (χ4n) is 3.01. The number of halogens is 1. The van der Waals surface area contributed by atoms with E-state index in [1.807, 2.05) is 6.07 Å². The molecule has 0 spiro atoms. The summed E-state index contributed by atoms with van der Waals surface area (Å²) in [5, 5.41) is 3.31. The van der Waals surface area contributed by atoms with E-state index in [4.69, 9.17) is 4.74 Å². The van der Waals surface area contributed by atoms with Gasteiger partial charge in [0.1, 0.15) is 10.7 Å². The number of esters is 1. The zero-order chi connectivity index (χ0) is 19.0. The molecule has 138 valence electrons. The van der Waals surface area contributed by atoms with Gasteiger partial charge >= 0.3 is 5.97 Å². The Morgan fingerprint density at radius 1 is 1.15 bits per heavy atom. The van der Waals surface area contributed by atoms with Gasteiger partial charge in [-0.1, -0.05) is 36.4 Å². The average Bonchev–Trinajstić information content (AvgIpc) is 3.41. The normalized spacial score (nSPS) is 14.7. The number of rotatable bonds is 5. The van der Waals surface area contributed by atoms with Crippen LogP contribution in [0.15, 0.2) is 48.5 Å². The molecule has 3 aromatic rings. The lowest BCUT2D eigenvalue weighted by molar-refractivity contribution is -0.130. The van der Waals surface area contributed by atoms with E-state index in [9.17, 15) is 14.0 Å². The van der Waals surface area contributed by atoms with Gasteiger partial charge in [-0.15, -0.1) is 11.3 Å². The van der Waals surface area contributed by atoms with E-state index in [2.05, 4.69) is 5.32 Å². The number of benzene rings is 2. The second kappa shape index (κ2) is 7.12. The molecule has 27 heavy (non-hydrogen) atoms. The maximum Gasteiger partial charge on any atom is 0.349 e. The van der Waals surface area contributed by atoms with E-state index in [1.54, 1.807) is 43.3 Å². The molecule has 1 atom stereocenters. The quantitative estimate of drug-likeness (QED) is 0.659. The van der Waals surface area contributed by atoms with Gasteiger partial charge in [0.25, 0.3) is 5.91 Å². The van der Waals surface area contributed by atoms with Crippen molar-refractivity contribution < 1.29 is 18.7 Å². The van der Waals surface area contributed by atoms with E-state index >= 15 is 0 Å². The van der Waals surface area contributed by atoms with Gasteiger partial charge in [-0.25, -0.2) is 9.18 Å². The largest absolute Gasteiger partial charge is 0.443 e. The first-order valence-corrected chi connectivity index (χ1v) is 9.60. The van der Waals surface area contributed by atoms with Crippen LogP contribution < -0.4 is 5.32 Å². The number of aryl methyl sites for hydroxylation is 1. The Labute approximate surface area is 160 Å². The van der Waals surface area contributed by atoms with Crippen LogP contribution in [-0.2, 0) is 9.53 Å². The van der Waals surface area contributed by atoms with E-state index in [0.29, 0.717) is 26.1 Å². The van der Waals surface area contributed by atoms with E-state index in [-0.39, 0.29) is 17.8 Å². The lowest BCUT2D eigenvalue weighted by Crippen LogP contribution is -2.33. The molecule has 4 nitrogen and oxygen atoms in total. The minimum absolute atomic E-state index is 0.155. The Kier molecular flexibility index (Phi) is 4.66. The van der Waals surface area contributed by atoms with Crippen molar-refractivity contribution in [1.29, 1.82) is 0 Å². The van der Waals surface area contributed by atoms with Gasteiger partial charge < -0.3 is 10.1 Å². The van der Waals surface area contributed by atoms with Crippen molar-refractivity contribution in [2.45, 2.75) is 31.9 Å². The van der Waals surface area contributed by atoms with Crippen LogP contribution in [0.25, 0.3) is 10.1 Å². The number of nitrogens with one attached hydrogen (secondary N) is 1. The molecule has 2 aromatic carbocycles. The highest BCUT2D eigenvalue weighted by Gasteiger charge is 2.32. The molecule has 0 aliphatic heterocycles. The predicted molar refractivity (Wildman–Crippen MR) is 102 cm³/mol. The monoisotopic (exact) mass is 383 g/mol. The fraction of sp³-hybridized carbons (Fsp3) is 0.238. The number of hydrogen-bond donors (Lipinski definition) is 1. The van der Waals surface area contributed by atoms with Crippen molar-refractivity contribution in [2.24, 2.45) is 0 Å². The third-order valence-corrected chi connectivity index (χ3v) is 5.81. The Morgan fingerprint density at radius 2 is 1.89 bits per heavy atom. The van der Waals surface area contributed by atoms with Crippen molar-refractivity contribution in [3.8, 4) is 0 Å². The summed E-state index contributed by atoms with van der Waals surface area (Å²) >= 11 is 1.18. The smallest absolute Gasteiger partial charge is 0.349 e. The molecular formula is C21H18FNO3S. The van der Waals surface area contributed by atoms with Crippen molar-refractivity contribution in [3.05, 3.63) is 70.4 Å². The summed E-state index contributed by atoms with van der Waals surface area (Å²) in [7, 11) is 0.